The van der Waals surface area contributed by atoms with Crippen molar-refractivity contribution in [2.45, 2.75) is 10.7 Å². The van der Waals surface area contributed by atoms with Crippen molar-refractivity contribution in [1.82, 2.24) is 4.90 Å². The Labute approximate surface area is 123 Å². The average Bonchev–Trinajstić information content (AvgIpc) is 2.66. The number of β-amino-alcohol motifs (C(OH)–C–C–N with tert-alkyl or cyclic N) is 1. The Hall–Kier alpha value is -1.93. The summed E-state index contributed by atoms with van der Waals surface area (Å²) in [7, 11) is 0. The highest BCUT2D eigenvalue weighted by atomic mass is 32.2. The molecule has 8 heteroatoms. The number of nitrogens with one attached hydrogen (secondary N) is 1. The SMILES string of the molecule is O=C1C=C(Nc2cccc(SC(F)F)c2)C(=O)N1CCO. The molecular formula is C13H12F2N2O3S. The summed E-state index contributed by atoms with van der Waals surface area (Å²) in [4.78, 5) is 24.7. The molecule has 0 spiro atoms. The van der Waals surface area contributed by atoms with Gasteiger partial charge in [0.15, 0.2) is 0 Å². The number of carbonyl (C=O) groups excluding carboxylic acids is 2. The van der Waals surface area contributed by atoms with E-state index in [9.17, 15) is 18.4 Å². The van der Waals surface area contributed by atoms with Crippen LogP contribution in [-0.2, 0) is 9.59 Å². The predicted molar refractivity (Wildman–Crippen MR) is 73.8 cm³/mol. The molecule has 1 aliphatic heterocycles. The largest absolute Gasteiger partial charge is 0.395 e. The fraction of sp³-hybridized carbons (Fsp3) is 0.231. The molecule has 0 unspecified atom stereocenters. The summed E-state index contributed by atoms with van der Waals surface area (Å²) in [5.41, 5.74) is 0.478. The number of hydrogen-bond acceptors (Lipinski definition) is 5. The van der Waals surface area contributed by atoms with Crippen LogP contribution in [0.1, 0.15) is 0 Å². The fourth-order valence-corrected chi connectivity index (χ4v) is 2.37. The normalized spacial score (nSPS) is 14.9. The number of nitrogens with zero attached hydrogens (tertiary/aromatic N) is 1. The van der Waals surface area contributed by atoms with Crippen molar-refractivity contribution in [2.24, 2.45) is 0 Å². The minimum atomic E-state index is -2.53. The van der Waals surface area contributed by atoms with Crippen LogP contribution in [0.25, 0.3) is 0 Å². The molecule has 1 aliphatic rings. The number of rotatable bonds is 6. The summed E-state index contributed by atoms with van der Waals surface area (Å²) in [5.74, 6) is -3.61. The Morgan fingerprint density at radius 2 is 2.10 bits per heavy atom. The van der Waals surface area contributed by atoms with E-state index in [1.54, 1.807) is 12.1 Å². The van der Waals surface area contributed by atoms with E-state index >= 15 is 0 Å². The Morgan fingerprint density at radius 1 is 1.33 bits per heavy atom. The van der Waals surface area contributed by atoms with Gasteiger partial charge in [-0.1, -0.05) is 17.8 Å². The summed E-state index contributed by atoms with van der Waals surface area (Å²) in [6, 6.07) is 6.16. The molecule has 1 aromatic carbocycles. The molecule has 1 aromatic rings. The summed E-state index contributed by atoms with van der Waals surface area (Å²) in [5, 5.41) is 11.5. The Balaban J connectivity index is 2.10. The molecule has 1 heterocycles. The van der Waals surface area contributed by atoms with Gasteiger partial charge in [-0.2, -0.15) is 8.78 Å². The number of halogens is 2. The van der Waals surface area contributed by atoms with Crippen LogP contribution in [0.4, 0.5) is 14.5 Å². The monoisotopic (exact) mass is 314 g/mol. The molecule has 0 fully saturated rings. The van der Waals surface area contributed by atoms with Gasteiger partial charge in [0.25, 0.3) is 17.6 Å². The van der Waals surface area contributed by atoms with E-state index in [-0.39, 0.29) is 18.8 Å². The van der Waals surface area contributed by atoms with Crippen LogP contribution in [0.15, 0.2) is 40.9 Å². The lowest BCUT2D eigenvalue weighted by atomic mass is 10.3. The second-order valence-electron chi connectivity index (χ2n) is 4.11. The van der Waals surface area contributed by atoms with E-state index in [2.05, 4.69) is 5.32 Å². The number of anilines is 1. The molecule has 0 saturated heterocycles. The first-order valence-electron chi connectivity index (χ1n) is 6.01. The maximum atomic E-state index is 12.3. The smallest absolute Gasteiger partial charge is 0.288 e. The predicted octanol–water partition coefficient (Wildman–Crippen LogP) is 1.66. The maximum absolute atomic E-state index is 12.3. The molecule has 2 N–H and O–H groups in total. The molecule has 112 valence electrons. The van der Waals surface area contributed by atoms with E-state index < -0.39 is 17.6 Å². The van der Waals surface area contributed by atoms with Crippen molar-refractivity contribution in [1.29, 1.82) is 0 Å². The molecule has 2 amide bonds. The molecule has 0 aromatic heterocycles. The highest BCUT2D eigenvalue weighted by Gasteiger charge is 2.30. The van der Waals surface area contributed by atoms with Gasteiger partial charge in [0.1, 0.15) is 5.70 Å². The third-order valence-corrected chi connectivity index (χ3v) is 3.38. The van der Waals surface area contributed by atoms with E-state index in [1.807, 2.05) is 0 Å². The van der Waals surface area contributed by atoms with Gasteiger partial charge in [-0.15, -0.1) is 0 Å². The standard InChI is InChI=1S/C13H12F2N2O3S/c14-13(15)21-9-3-1-2-8(6-9)16-10-7-11(19)17(4-5-18)12(10)20/h1-3,6-7,13,16,18H,4-5H2. The van der Waals surface area contributed by atoms with Crippen LogP contribution in [-0.4, -0.2) is 40.7 Å². The number of aliphatic hydroxyl groups excluding tert-OH is 1. The summed E-state index contributed by atoms with van der Waals surface area (Å²) < 4.78 is 24.6. The first-order valence-corrected chi connectivity index (χ1v) is 6.89. The molecule has 0 aliphatic carbocycles. The van der Waals surface area contributed by atoms with Crippen LogP contribution >= 0.6 is 11.8 Å². The van der Waals surface area contributed by atoms with Crippen molar-refractivity contribution in [3.8, 4) is 0 Å². The van der Waals surface area contributed by atoms with E-state index in [4.69, 9.17) is 5.11 Å². The zero-order valence-electron chi connectivity index (χ0n) is 10.8. The Bertz CT molecular complexity index is 593. The lowest BCUT2D eigenvalue weighted by Gasteiger charge is -2.13. The van der Waals surface area contributed by atoms with Gasteiger partial charge in [0, 0.05) is 16.7 Å². The topological polar surface area (TPSA) is 69.6 Å². The first-order chi connectivity index (χ1) is 10.0. The number of benzene rings is 1. The summed E-state index contributed by atoms with van der Waals surface area (Å²) >= 11 is 0.392. The molecule has 5 nitrogen and oxygen atoms in total. The van der Waals surface area contributed by atoms with Gasteiger partial charge in [0.2, 0.25) is 0 Å². The summed E-state index contributed by atoms with van der Waals surface area (Å²) in [6.45, 7) is -0.403. The van der Waals surface area contributed by atoms with Crippen LogP contribution in [0, 0.1) is 0 Å². The molecule has 0 atom stereocenters. The van der Waals surface area contributed by atoms with E-state index in [0.717, 1.165) is 11.0 Å². The van der Waals surface area contributed by atoms with Gasteiger partial charge < -0.3 is 10.4 Å². The Morgan fingerprint density at radius 3 is 2.76 bits per heavy atom. The second kappa shape index (κ2) is 6.68. The quantitative estimate of drug-likeness (QED) is 0.617. The molecule has 0 saturated carbocycles. The van der Waals surface area contributed by atoms with Gasteiger partial charge in [0.05, 0.1) is 13.2 Å². The van der Waals surface area contributed by atoms with E-state index in [0.29, 0.717) is 22.3 Å². The number of hydrogen-bond donors (Lipinski definition) is 2. The lowest BCUT2D eigenvalue weighted by Crippen LogP contribution is -2.34. The Kier molecular flexibility index (Phi) is 4.92. The zero-order chi connectivity index (χ0) is 15.4. The minimum Gasteiger partial charge on any atom is -0.395 e. The van der Waals surface area contributed by atoms with Crippen molar-refractivity contribution in [2.75, 3.05) is 18.5 Å². The van der Waals surface area contributed by atoms with Gasteiger partial charge >= 0.3 is 0 Å². The van der Waals surface area contributed by atoms with Crippen molar-refractivity contribution >= 4 is 29.3 Å². The number of alkyl halides is 2. The van der Waals surface area contributed by atoms with Gasteiger partial charge in [-0.05, 0) is 18.2 Å². The zero-order valence-corrected chi connectivity index (χ0v) is 11.6. The van der Waals surface area contributed by atoms with Crippen molar-refractivity contribution < 1.29 is 23.5 Å². The lowest BCUT2D eigenvalue weighted by molar-refractivity contribution is -0.137. The number of thioether (sulfide) groups is 1. The highest BCUT2D eigenvalue weighted by Crippen LogP contribution is 2.28. The van der Waals surface area contributed by atoms with Crippen LogP contribution in [0.3, 0.4) is 0 Å². The third-order valence-electron chi connectivity index (χ3n) is 2.67. The summed E-state index contributed by atoms with van der Waals surface area (Å²) in [6.07, 6.45) is 1.12. The maximum Gasteiger partial charge on any atom is 0.288 e. The number of amides is 2. The van der Waals surface area contributed by atoms with Crippen LogP contribution in [0.5, 0.6) is 0 Å². The number of aliphatic hydroxyl groups is 1. The second-order valence-corrected chi connectivity index (χ2v) is 5.17. The molecule has 2 rings (SSSR count). The average molecular weight is 314 g/mol. The third kappa shape index (κ3) is 3.79. The minimum absolute atomic E-state index is 0.0487. The van der Waals surface area contributed by atoms with E-state index in [1.165, 1.54) is 12.1 Å². The molecule has 0 bridgehead atoms. The molecule has 21 heavy (non-hydrogen) atoms. The van der Waals surface area contributed by atoms with Crippen LogP contribution in [0.2, 0.25) is 0 Å². The molecule has 0 radical (unpaired) electrons. The van der Waals surface area contributed by atoms with Crippen LogP contribution < -0.4 is 5.32 Å². The van der Waals surface area contributed by atoms with Crippen molar-refractivity contribution in [3.05, 3.63) is 36.0 Å². The highest BCUT2D eigenvalue weighted by molar-refractivity contribution is 7.99. The molecular weight excluding hydrogens is 302 g/mol. The number of imide groups is 1. The fourth-order valence-electron chi connectivity index (χ4n) is 1.82. The van der Waals surface area contributed by atoms with Crippen molar-refractivity contribution in [3.63, 3.8) is 0 Å². The number of carbonyl (C=O) groups is 2. The van der Waals surface area contributed by atoms with Gasteiger partial charge in [-0.25, -0.2) is 0 Å². The first kappa shape index (κ1) is 15.5. The van der Waals surface area contributed by atoms with Gasteiger partial charge in [-0.3, -0.25) is 14.5 Å².